The summed E-state index contributed by atoms with van der Waals surface area (Å²) in [6.07, 6.45) is 4.61. The predicted molar refractivity (Wildman–Crippen MR) is 138 cm³/mol. The van der Waals surface area contributed by atoms with Gasteiger partial charge in [-0.3, -0.25) is 0 Å². The molecule has 1 aliphatic carbocycles. The number of halogens is 2. The van der Waals surface area contributed by atoms with Crippen LogP contribution in [0.1, 0.15) is 46.0 Å². The summed E-state index contributed by atoms with van der Waals surface area (Å²) in [6, 6.07) is 0.291. The van der Waals surface area contributed by atoms with Crippen molar-refractivity contribution in [3.8, 4) is 0 Å². The number of alkyl halides is 2. The maximum absolute atomic E-state index is 13.2. The average molecular weight is 741 g/mol. The van der Waals surface area contributed by atoms with Crippen LogP contribution in [-0.2, 0) is 6.19 Å². The maximum atomic E-state index is 13.2. The van der Waals surface area contributed by atoms with E-state index in [9.17, 15) is 9.90 Å². The molecule has 36 heavy (non-hydrogen) atoms. The molecule has 0 radical (unpaired) electrons. The second-order valence-corrected chi connectivity index (χ2v) is 14.9. The van der Waals surface area contributed by atoms with Gasteiger partial charge in [-0.1, -0.05) is 0 Å². The van der Waals surface area contributed by atoms with Crippen molar-refractivity contribution in [3.63, 3.8) is 0 Å². The summed E-state index contributed by atoms with van der Waals surface area (Å²) in [5.74, 6) is 0.418. The Bertz CT molecular complexity index is 604. The third-order valence-electron chi connectivity index (χ3n) is 6.41. The monoisotopic (exact) mass is 740 g/mol. The Morgan fingerprint density at radius 1 is 1.11 bits per heavy atom. The average Bonchev–Trinajstić information content (AvgIpc) is 2.88. The van der Waals surface area contributed by atoms with Crippen molar-refractivity contribution in [2.75, 3.05) is 62.7 Å². The van der Waals surface area contributed by atoms with Crippen molar-refractivity contribution in [2.45, 2.75) is 70.1 Å². The Morgan fingerprint density at radius 2 is 1.92 bits per heavy atom. The van der Waals surface area contributed by atoms with E-state index in [0.29, 0.717) is 18.5 Å². The van der Waals surface area contributed by atoms with Crippen LogP contribution >= 0.6 is 0 Å². The van der Waals surface area contributed by atoms with Gasteiger partial charge < -0.3 is 10.6 Å². The summed E-state index contributed by atoms with van der Waals surface area (Å²) >= 11 is -0.584. The van der Waals surface area contributed by atoms with Crippen molar-refractivity contribution >= 4 is 11.8 Å². The molecule has 1 aliphatic rings. The number of nitrogens with one attached hydrogen (secondary N) is 7. The van der Waals surface area contributed by atoms with E-state index in [1.807, 2.05) is 21.1 Å². The molecule has 0 heterocycles. The molecule has 216 valence electrons. The predicted octanol–water partition coefficient (Wildman–Crippen LogP) is -7.90. The van der Waals surface area contributed by atoms with Gasteiger partial charge in [0, 0.05) is 6.54 Å². The Labute approximate surface area is 240 Å². The Kier molecular flexibility index (Phi) is 20.9. The molecule has 0 aromatic heterocycles. The fourth-order valence-corrected chi connectivity index (χ4v) is 9.50. The van der Waals surface area contributed by atoms with Gasteiger partial charge in [0.25, 0.3) is 0 Å². The van der Waals surface area contributed by atoms with E-state index in [4.69, 9.17) is 1.40 Å². The van der Waals surface area contributed by atoms with Crippen LogP contribution in [-0.4, -0.2) is 104 Å². The minimum atomic E-state index is -0.417. The van der Waals surface area contributed by atoms with Gasteiger partial charge in [-0.25, -0.2) is 0 Å². The zero-order chi connectivity index (χ0) is 26.6. The van der Waals surface area contributed by atoms with Gasteiger partial charge in [0.15, 0.2) is 0 Å². The van der Waals surface area contributed by atoms with E-state index in [1.54, 1.807) is 0 Å². The van der Waals surface area contributed by atoms with E-state index in [1.165, 1.54) is 10.8 Å². The van der Waals surface area contributed by atoms with Crippen molar-refractivity contribution in [1.29, 1.82) is 0 Å². The molecule has 8 N–H and O–H groups in total. The summed E-state index contributed by atoms with van der Waals surface area (Å²) < 4.78 is 7.85. The molecule has 1 saturated carbocycles. The van der Waals surface area contributed by atoms with E-state index in [-0.39, 0.29) is 51.6 Å². The summed E-state index contributed by atoms with van der Waals surface area (Å²) in [6.45, 7) is 8.58. The van der Waals surface area contributed by atoms with Gasteiger partial charge in [0.2, 0.25) is 0 Å². The van der Waals surface area contributed by atoms with Crippen LogP contribution in [0.2, 0.25) is 0 Å². The van der Waals surface area contributed by atoms with E-state index >= 15 is 0 Å². The Morgan fingerprint density at radius 3 is 2.58 bits per heavy atom. The molecule has 2 unspecified atom stereocenters. The van der Waals surface area contributed by atoms with E-state index < -0.39 is 21.6 Å². The molecule has 1 amide bonds. The third-order valence-corrected chi connectivity index (χ3v) is 12.8. The molecule has 12 heteroatoms. The van der Waals surface area contributed by atoms with Gasteiger partial charge in [-0.15, -0.1) is 0 Å². The summed E-state index contributed by atoms with van der Waals surface area (Å²) in [5.41, 5.74) is 0. The second kappa shape index (κ2) is 22.0. The number of hydrogen-bond donors (Lipinski definition) is 8. The minimum absolute atomic E-state index is 0.0290. The first-order valence-electron chi connectivity index (χ1n) is 13.4. The molecular weight excluding hydrogens is 688 g/mol. The fourth-order valence-electron chi connectivity index (χ4n) is 4.24. The summed E-state index contributed by atoms with van der Waals surface area (Å²) in [4.78, 5) is 16.4. The number of carbonyl (C=O) groups is 1. The first-order valence-corrected chi connectivity index (χ1v) is 18.2. The molecule has 0 spiro atoms. The van der Waals surface area contributed by atoms with Gasteiger partial charge in [0.1, 0.15) is 0 Å². The topological polar surface area (TPSA) is 133 Å². The number of likely N-dealkylation sites (N-methyl/N-ethyl adjacent to an activating group) is 4. The number of aliphatic hydroxyl groups is 1. The van der Waals surface area contributed by atoms with Crippen LogP contribution < -0.4 is 80.1 Å². The molecule has 0 bridgehead atoms. The number of amides is 1. The fraction of sp³-hybridized carbons (Fsp3) is 0.917. The molecule has 0 aromatic rings. The molecule has 0 aliphatic heterocycles. The molecule has 5 atom stereocenters. The zero-order valence-corrected chi connectivity index (χ0v) is 27.2. The van der Waals surface area contributed by atoms with Crippen LogP contribution in [0.25, 0.3) is 0 Å². The number of hydrogen-bond acceptors (Lipinski definition) is 7. The second-order valence-electron chi connectivity index (χ2n) is 9.14. The first kappa shape index (κ1) is 34.2. The van der Waals surface area contributed by atoms with Crippen molar-refractivity contribution in [1.82, 2.24) is 31.9 Å². The molecule has 0 aromatic carbocycles. The molecular formula is C24H52I2N7O3-. The van der Waals surface area contributed by atoms with Crippen LogP contribution in [0, 0.1) is 5.92 Å². The van der Waals surface area contributed by atoms with Crippen LogP contribution in [0.15, 0.2) is 0 Å². The van der Waals surface area contributed by atoms with Crippen LogP contribution in [0.3, 0.4) is 0 Å². The molecule has 1 rings (SSSR count). The van der Waals surface area contributed by atoms with Crippen molar-refractivity contribution < 1.29 is 59.5 Å². The van der Waals surface area contributed by atoms with Gasteiger partial charge in [-0.05, 0) is 14.1 Å². The Hall–Kier alpha value is 0.160. The normalized spacial score (nSPS) is 22.6. The molecule has 10 nitrogen and oxygen atoms in total. The molecule has 1 fully saturated rings. The van der Waals surface area contributed by atoms with Crippen LogP contribution in [0.5, 0.6) is 0 Å². The zero-order valence-electron chi connectivity index (χ0n) is 22.9. The summed E-state index contributed by atoms with van der Waals surface area (Å²) in [7, 11) is 5.76. The van der Waals surface area contributed by atoms with Crippen molar-refractivity contribution in [3.05, 3.63) is 0 Å². The quantitative estimate of drug-likeness (QED) is 0.0192. The van der Waals surface area contributed by atoms with Crippen LogP contribution in [0.4, 0.5) is 0 Å². The number of carbonyl (C=O) groups excluding carboxylic acids is 1. The van der Waals surface area contributed by atoms with E-state index in [0.717, 1.165) is 56.3 Å². The van der Waals surface area contributed by atoms with E-state index in [2.05, 4.69) is 50.7 Å². The first-order chi connectivity index (χ1) is 17.5. The summed E-state index contributed by atoms with van der Waals surface area (Å²) in [5, 5.41) is 30.8. The third kappa shape index (κ3) is 14.4. The van der Waals surface area contributed by atoms with Gasteiger partial charge in [-0.2, -0.15) is 0 Å². The number of rotatable bonds is 21. The Balaban J connectivity index is 2.73. The molecule has 0 saturated heterocycles. The standard InChI is InChI=1S/C24H51I2N7O3/c1-6-11-25-36-26-16-22(29-5)24(35)33-21-15-18(8-9-20(21)31-14-13-30-7-2)23(34)32-12-10-19(28-4)17-27-3/h18-22,27-31H,6-17H2,1-5H3,(H,32,34)(H,33,35)/q-2/p+1/t18-,19-,20+,21?,22?/m1/s1. The van der Waals surface area contributed by atoms with Gasteiger partial charge >= 0.3 is 211 Å². The van der Waals surface area contributed by atoms with Crippen molar-refractivity contribution in [2.24, 2.45) is 5.92 Å². The number of aliphatic hydroxyl groups excluding tert-OH is 1. The van der Waals surface area contributed by atoms with Gasteiger partial charge in [0.05, 0.1) is 0 Å². The SMILES string of the molecule is CCC[I-]O[I-]CC(NC)C(=O)NC1C[C@H](C(O)=[NH+]CC[C@H](CNC)NC)CC[C@@H]1NCCNCC.